The molecule has 118 valence electrons. The highest BCUT2D eigenvalue weighted by atomic mass is 32.1. The third kappa shape index (κ3) is 3.59. The van der Waals surface area contributed by atoms with Crippen molar-refractivity contribution in [3.63, 3.8) is 0 Å². The van der Waals surface area contributed by atoms with Crippen LogP contribution in [0.4, 0.5) is 0 Å². The maximum atomic E-state index is 12.4. The number of carbonyl (C=O) groups excluding carboxylic acids is 1. The SMILES string of the molecule is CC(c1nc2ccccc2s1)N(C)C(=O)CCc1ccccc1. The van der Waals surface area contributed by atoms with Crippen LogP contribution < -0.4 is 0 Å². The normalized spacial score (nSPS) is 12.3. The second-order valence-electron chi connectivity index (χ2n) is 5.69. The van der Waals surface area contributed by atoms with E-state index in [0.717, 1.165) is 16.9 Å². The zero-order valence-corrected chi connectivity index (χ0v) is 14.2. The van der Waals surface area contributed by atoms with E-state index in [0.29, 0.717) is 6.42 Å². The number of para-hydroxylation sites is 1. The number of aromatic nitrogens is 1. The minimum absolute atomic E-state index is 0.00401. The van der Waals surface area contributed by atoms with Gasteiger partial charge in [0.25, 0.3) is 0 Å². The van der Waals surface area contributed by atoms with E-state index in [1.807, 2.05) is 50.4 Å². The van der Waals surface area contributed by atoms with Gasteiger partial charge in [0.15, 0.2) is 0 Å². The van der Waals surface area contributed by atoms with Crippen LogP contribution in [0.25, 0.3) is 10.2 Å². The van der Waals surface area contributed by atoms with Crippen molar-refractivity contribution in [2.45, 2.75) is 25.8 Å². The van der Waals surface area contributed by atoms with E-state index in [1.165, 1.54) is 10.3 Å². The van der Waals surface area contributed by atoms with Gasteiger partial charge < -0.3 is 4.90 Å². The van der Waals surface area contributed by atoms with Crippen LogP contribution in [0.2, 0.25) is 0 Å². The highest BCUT2D eigenvalue weighted by molar-refractivity contribution is 7.18. The maximum Gasteiger partial charge on any atom is 0.223 e. The Bertz CT molecular complexity index is 764. The molecule has 2 aromatic carbocycles. The Morgan fingerprint density at radius 1 is 1.13 bits per heavy atom. The van der Waals surface area contributed by atoms with Gasteiger partial charge in [-0.3, -0.25) is 4.79 Å². The van der Waals surface area contributed by atoms with E-state index in [-0.39, 0.29) is 11.9 Å². The van der Waals surface area contributed by atoms with E-state index in [1.54, 1.807) is 16.2 Å². The molecule has 0 aliphatic rings. The predicted molar refractivity (Wildman–Crippen MR) is 95.6 cm³/mol. The van der Waals surface area contributed by atoms with Crippen molar-refractivity contribution in [2.75, 3.05) is 7.05 Å². The van der Waals surface area contributed by atoms with Gasteiger partial charge in [0.05, 0.1) is 16.3 Å². The average Bonchev–Trinajstić information content (AvgIpc) is 3.03. The molecule has 0 fully saturated rings. The van der Waals surface area contributed by atoms with E-state index >= 15 is 0 Å². The Labute approximate surface area is 140 Å². The molecule has 0 bridgehead atoms. The number of carbonyl (C=O) groups is 1. The summed E-state index contributed by atoms with van der Waals surface area (Å²) in [6.07, 6.45) is 1.30. The minimum atomic E-state index is -0.00401. The van der Waals surface area contributed by atoms with Crippen molar-refractivity contribution in [2.24, 2.45) is 0 Å². The molecule has 0 saturated heterocycles. The molecule has 1 aromatic heterocycles. The highest BCUT2D eigenvalue weighted by Gasteiger charge is 2.20. The van der Waals surface area contributed by atoms with Crippen molar-refractivity contribution in [3.05, 3.63) is 65.2 Å². The first kappa shape index (κ1) is 15.7. The molecule has 23 heavy (non-hydrogen) atoms. The quantitative estimate of drug-likeness (QED) is 0.695. The van der Waals surface area contributed by atoms with E-state index in [9.17, 15) is 4.79 Å². The van der Waals surface area contributed by atoms with Gasteiger partial charge in [0.2, 0.25) is 5.91 Å². The van der Waals surface area contributed by atoms with Crippen LogP contribution in [0.1, 0.15) is 30.0 Å². The number of hydrogen-bond donors (Lipinski definition) is 0. The smallest absolute Gasteiger partial charge is 0.223 e. The molecule has 1 heterocycles. The molecule has 3 nitrogen and oxygen atoms in total. The van der Waals surface area contributed by atoms with Crippen LogP contribution in [0.5, 0.6) is 0 Å². The zero-order valence-electron chi connectivity index (χ0n) is 13.4. The summed E-state index contributed by atoms with van der Waals surface area (Å²) in [5, 5.41) is 0.988. The number of fused-ring (bicyclic) bond motifs is 1. The van der Waals surface area contributed by atoms with Gasteiger partial charge in [0, 0.05) is 13.5 Å². The van der Waals surface area contributed by atoms with Gasteiger partial charge in [-0.1, -0.05) is 42.5 Å². The Balaban J connectivity index is 1.66. The second-order valence-corrected chi connectivity index (χ2v) is 6.75. The summed E-state index contributed by atoms with van der Waals surface area (Å²) in [6, 6.07) is 18.2. The van der Waals surface area contributed by atoms with E-state index < -0.39 is 0 Å². The fourth-order valence-corrected chi connectivity index (χ4v) is 3.59. The molecule has 3 aromatic rings. The van der Waals surface area contributed by atoms with Gasteiger partial charge >= 0.3 is 0 Å². The Morgan fingerprint density at radius 2 is 1.83 bits per heavy atom. The molecular formula is C19H20N2OS. The number of amides is 1. The molecular weight excluding hydrogens is 304 g/mol. The Kier molecular flexibility index (Phi) is 4.72. The summed E-state index contributed by atoms with van der Waals surface area (Å²) in [5.41, 5.74) is 2.20. The highest BCUT2D eigenvalue weighted by Crippen LogP contribution is 2.29. The average molecular weight is 324 g/mol. The molecule has 1 atom stereocenters. The van der Waals surface area contributed by atoms with Crippen LogP contribution in [-0.4, -0.2) is 22.8 Å². The van der Waals surface area contributed by atoms with Crippen LogP contribution in [0, 0.1) is 0 Å². The summed E-state index contributed by atoms with van der Waals surface area (Å²) >= 11 is 1.66. The summed E-state index contributed by atoms with van der Waals surface area (Å²) in [4.78, 5) is 18.9. The van der Waals surface area contributed by atoms with Crippen molar-refractivity contribution >= 4 is 27.5 Å². The topological polar surface area (TPSA) is 33.2 Å². The van der Waals surface area contributed by atoms with Gasteiger partial charge in [-0.15, -0.1) is 11.3 Å². The monoisotopic (exact) mass is 324 g/mol. The lowest BCUT2D eigenvalue weighted by Gasteiger charge is -2.23. The molecule has 1 unspecified atom stereocenters. The number of hydrogen-bond acceptors (Lipinski definition) is 3. The van der Waals surface area contributed by atoms with E-state index in [4.69, 9.17) is 0 Å². The molecule has 4 heteroatoms. The van der Waals surface area contributed by atoms with Crippen LogP contribution in [0.3, 0.4) is 0 Å². The molecule has 0 aliphatic heterocycles. The summed E-state index contributed by atoms with van der Waals surface area (Å²) in [6.45, 7) is 2.04. The number of thiazole rings is 1. The van der Waals surface area contributed by atoms with Gasteiger partial charge in [-0.2, -0.15) is 0 Å². The molecule has 0 aliphatic carbocycles. The maximum absolute atomic E-state index is 12.4. The lowest BCUT2D eigenvalue weighted by atomic mass is 10.1. The first-order valence-corrected chi connectivity index (χ1v) is 8.62. The molecule has 0 radical (unpaired) electrons. The van der Waals surface area contributed by atoms with Gasteiger partial charge in [-0.05, 0) is 31.0 Å². The number of rotatable bonds is 5. The summed E-state index contributed by atoms with van der Waals surface area (Å²) in [7, 11) is 1.87. The Hall–Kier alpha value is -2.20. The number of nitrogens with zero attached hydrogens (tertiary/aromatic N) is 2. The molecule has 0 N–H and O–H groups in total. The molecule has 0 spiro atoms. The van der Waals surface area contributed by atoms with Crippen molar-refractivity contribution < 1.29 is 4.79 Å². The lowest BCUT2D eigenvalue weighted by Crippen LogP contribution is -2.29. The van der Waals surface area contributed by atoms with Crippen LogP contribution in [-0.2, 0) is 11.2 Å². The first-order chi connectivity index (χ1) is 11.1. The van der Waals surface area contributed by atoms with Gasteiger partial charge in [0.1, 0.15) is 5.01 Å². The largest absolute Gasteiger partial charge is 0.337 e. The zero-order chi connectivity index (χ0) is 16.2. The fraction of sp³-hybridized carbons (Fsp3) is 0.263. The van der Waals surface area contributed by atoms with E-state index in [2.05, 4.69) is 23.2 Å². The van der Waals surface area contributed by atoms with Gasteiger partial charge in [-0.25, -0.2) is 4.98 Å². The fourth-order valence-electron chi connectivity index (χ4n) is 2.52. The third-order valence-electron chi connectivity index (χ3n) is 4.11. The minimum Gasteiger partial charge on any atom is -0.337 e. The molecule has 0 saturated carbocycles. The molecule has 3 rings (SSSR count). The lowest BCUT2D eigenvalue weighted by molar-refractivity contribution is -0.131. The number of aryl methyl sites for hydroxylation is 1. The summed E-state index contributed by atoms with van der Waals surface area (Å²) in [5.74, 6) is 0.153. The first-order valence-electron chi connectivity index (χ1n) is 7.80. The number of benzene rings is 2. The van der Waals surface area contributed by atoms with Crippen molar-refractivity contribution in [1.82, 2.24) is 9.88 Å². The van der Waals surface area contributed by atoms with Crippen molar-refractivity contribution in [3.8, 4) is 0 Å². The Morgan fingerprint density at radius 3 is 2.57 bits per heavy atom. The van der Waals surface area contributed by atoms with Crippen LogP contribution >= 0.6 is 11.3 Å². The summed E-state index contributed by atoms with van der Waals surface area (Å²) < 4.78 is 1.17. The molecule has 1 amide bonds. The third-order valence-corrected chi connectivity index (χ3v) is 5.32. The standard InChI is InChI=1S/C19H20N2OS/c1-14(19-20-16-10-6-7-11-17(16)23-19)21(2)18(22)13-12-15-8-4-3-5-9-15/h3-11,14H,12-13H2,1-2H3. The predicted octanol–water partition coefficient (Wildman–Crippen LogP) is 4.45. The van der Waals surface area contributed by atoms with Crippen LogP contribution in [0.15, 0.2) is 54.6 Å². The second kappa shape index (κ2) is 6.92. The van der Waals surface area contributed by atoms with Crippen molar-refractivity contribution in [1.29, 1.82) is 0 Å².